The summed E-state index contributed by atoms with van der Waals surface area (Å²) in [4.78, 5) is 11.5. The van der Waals surface area contributed by atoms with Crippen molar-refractivity contribution in [1.29, 1.82) is 0 Å². The molecule has 0 bridgehead atoms. The number of aromatic nitrogens is 1. The molecule has 0 spiro atoms. The van der Waals surface area contributed by atoms with E-state index in [4.69, 9.17) is 14.1 Å². The van der Waals surface area contributed by atoms with Gasteiger partial charge < -0.3 is 24.7 Å². The molecular weight excluding hydrogens is 517 g/mol. The number of hydrogen-bond donors (Lipinski definition) is 2. The van der Waals surface area contributed by atoms with Crippen LogP contribution >= 0.6 is 24.0 Å². The van der Waals surface area contributed by atoms with Gasteiger partial charge in [0, 0.05) is 63.8 Å². The first-order chi connectivity index (χ1) is 15.4. The summed E-state index contributed by atoms with van der Waals surface area (Å²) in [5.41, 5.74) is 1.27. The summed E-state index contributed by atoms with van der Waals surface area (Å²) in [5.74, 6) is 2.50. The molecule has 2 saturated heterocycles. The average Bonchev–Trinajstić information content (AvgIpc) is 3.36. The van der Waals surface area contributed by atoms with E-state index >= 15 is 0 Å². The highest BCUT2D eigenvalue weighted by atomic mass is 127. The van der Waals surface area contributed by atoms with Gasteiger partial charge in [-0.1, -0.05) is 0 Å². The number of nitrogens with one attached hydrogen (secondary N) is 2. The maximum absolute atomic E-state index is 5.87. The molecule has 4 heterocycles. The van der Waals surface area contributed by atoms with Crippen molar-refractivity contribution in [3.8, 4) is 0 Å². The molecule has 2 aromatic rings. The molecule has 0 aromatic carbocycles. The van der Waals surface area contributed by atoms with Crippen molar-refractivity contribution in [2.24, 2.45) is 10.9 Å². The third-order valence-corrected chi connectivity index (χ3v) is 6.17. The Morgan fingerprint density at radius 2 is 1.94 bits per heavy atom. The van der Waals surface area contributed by atoms with Gasteiger partial charge in [-0.15, -0.1) is 24.0 Å². The maximum atomic E-state index is 5.87. The van der Waals surface area contributed by atoms with E-state index in [0.29, 0.717) is 5.92 Å². The molecule has 2 N–H and O–H groups in total. The summed E-state index contributed by atoms with van der Waals surface area (Å²) in [5, 5.41) is 6.99. The molecule has 1 unspecified atom stereocenters. The van der Waals surface area contributed by atoms with E-state index in [2.05, 4.69) is 32.7 Å². The molecule has 2 aliphatic rings. The number of rotatable bonds is 8. The van der Waals surface area contributed by atoms with Crippen molar-refractivity contribution in [1.82, 2.24) is 15.6 Å². The molecule has 0 amide bonds. The molecule has 8 heteroatoms. The Morgan fingerprint density at radius 3 is 2.66 bits per heavy atom. The maximum Gasteiger partial charge on any atom is 0.191 e. The lowest BCUT2D eigenvalue weighted by molar-refractivity contribution is 0.0194. The minimum atomic E-state index is 0. The Labute approximate surface area is 208 Å². The van der Waals surface area contributed by atoms with Crippen LogP contribution in [0.2, 0.25) is 0 Å². The largest absolute Gasteiger partial charge is 0.469 e. The van der Waals surface area contributed by atoms with Crippen LogP contribution in [0.5, 0.6) is 0 Å². The zero-order valence-corrected chi connectivity index (χ0v) is 21.1. The number of piperidine rings is 1. The van der Waals surface area contributed by atoms with Crippen molar-refractivity contribution in [2.45, 2.75) is 44.6 Å². The van der Waals surface area contributed by atoms with Crippen LogP contribution in [0.3, 0.4) is 0 Å². The van der Waals surface area contributed by atoms with E-state index in [1.807, 2.05) is 24.5 Å². The smallest absolute Gasteiger partial charge is 0.191 e. The molecule has 32 heavy (non-hydrogen) atoms. The van der Waals surface area contributed by atoms with E-state index in [0.717, 1.165) is 76.7 Å². The van der Waals surface area contributed by atoms with Gasteiger partial charge in [-0.25, -0.2) is 0 Å². The van der Waals surface area contributed by atoms with Crippen molar-refractivity contribution >= 4 is 35.6 Å². The molecule has 176 valence electrons. The van der Waals surface area contributed by atoms with E-state index in [-0.39, 0.29) is 30.1 Å². The van der Waals surface area contributed by atoms with Gasteiger partial charge in [0.25, 0.3) is 0 Å². The molecule has 7 nitrogen and oxygen atoms in total. The van der Waals surface area contributed by atoms with Gasteiger partial charge in [0.1, 0.15) is 5.76 Å². The molecule has 2 aliphatic heterocycles. The molecule has 0 radical (unpaired) electrons. The van der Waals surface area contributed by atoms with E-state index < -0.39 is 0 Å². The Morgan fingerprint density at radius 1 is 1.09 bits per heavy atom. The molecular formula is C24H36IN5O2. The van der Waals surface area contributed by atoms with Crippen molar-refractivity contribution in [3.05, 3.63) is 48.7 Å². The van der Waals surface area contributed by atoms with Crippen LogP contribution in [0, 0.1) is 5.92 Å². The fraction of sp³-hybridized carbons (Fsp3) is 0.583. The molecule has 2 aromatic heterocycles. The van der Waals surface area contributed by atoms with Crippen LogP contribution in [0.4, 0.5) is 5.69 Å². The third kappa shape index (κ3) is 7.95. The van der Waals surface area contributed by atoms with Gasteiger partial charge in [-0.3, -0.25) is 9.98 Å². The van der Waals surface area contributed by atoms with Gasteiger partial charge in [0.2, 0.25) is 0 Å². The van der Waals surface area contributed by atoms with Crippen molar-refractivity contribution in [3.63, 3.8) is 0 Å². The number of aliphatic imine (C=N–C) groups is 1. The Kier molecular flexibility index (Phi) is 10.6. The van der Waals surface area contributed by atoms with Crippen molar-refractivity contribution in [2.75, 3.05) is 44.2 Å². The van der Waals surface area contributed by atoms with E-state index in [9.17, 15) is 0 Å². The number of nitrogens with zero attached hydrogens (tertiary/aromatic N) is 3. The quantitative estimate of drug-likeness (QED) is 0.294. The Balaban J connectivity index is 0.00000289. The fourth-order valence-corrected chi connectivity index (χ4v) is 4.26. The molecule has 0 saturated carbocycles. The lowest BCUT2D eigenvalue weighted by Crippen LogP contribution is -2.43. The zero-order chi connectivity index (χ0) is 21.1. The second-order valence-corrected chi connectivity index (χ2v) is 8.45. The van der Waals surface area contributed by atoms with Gasteiger partial charge in [0.05, 0.1) is 12.4 Å². The summed E-state index contributed by atoms with van der Waals surface area (Å²) in [6, 6.07) is 8.13. The van der Waals surface area contributed by atoms with Gasteiger partial charge in [0.15, 0.2) is 5.96 Å². The van der Waals surface area contributed by atoms with Crippen molar-refractivity contribution < 1.29 is 9.15 Å². The SMILES string of the molecule is I.c1coc(CCNC(=NCC2CCN(c3ccncc3)CC2)NCC2CCCCO2)c1. The number of anilines is 1. The van der Waals surface area contributed by atoms with Crippen LogP contribution in [-0.2, 0) is 11.2 Å². The number of pyridine rings is 1. The first-order valence-corrected chi connectivity index (χ1v) is 11.7. The average molecular weight is 553 g/mol. The highest BCUT2D eigenvalue weighted by Gasteiger charge is 2.20. The predicted molar refractivity (Wildman–Crippen MR) is 139 cm³/mol. The minimum absolute atomic E-state index is 0. The Bertz CT molecular complexity index is 773. The number of halogens is 1. The standard InChI is InChI=1S/C24H35N5O2.HI/c1-2-16-31-23(4-1)19-28-24(26-13-8-22-5-3-17-30-22)27-18-20-9-14-29(15-10-20)21-6-11-25-12-7-21;/h3,5-7,11-12,17,20,23H,1-2,4,8-10,13-16,18-19H2,(H2,26,27,28);1H. The van der Waals surface area contributed by atoms with Gasteiger partial charge in [-0.05, 0) is 62.3 Å². The summed E-state index contributed by atoms with van der Waals surface area (Å²) < 4.78 is 11.3. The topological polar surface area (TPSA) is 74.9 Å². The van der Waals surface area contributed by atoms with Gasteiger partial charge >= 0.3 is 0 Å². The minimum Gasteiger partial charge on any atom is -0.469 e. The number of guanidine groups is 1. The third-order valence-electron chi connectivity index (χ3n) is 6.17. The van der Waals surface area contributed by atoms with Gasteiger partial charge in [-0.2, -0.15) is 0 Å². The summed E-state index contributed by atoms with van der Waals surface area (Å²) >= 11 is 0. The molecule has 4 rings (SSSR count). The zero-order valence-electron chi connectivity index (χ0n) is 18.7. The normalized spacial score (nSPS) is 19.9. The van der Waals surface area contributed by atoms with E-state index in [1.165, 1.54) is 18.5 Å². The van der Waals surface area contributed by atoms with Crippen LogP contribution < -0.4 is 15.5 Å². The number of hydrogen-bond acceptors (Lipinski definition) is 5. The highest BCUT2D eigenvalue weighted by Crippen LogP contribution is 2.22. The lowest BCUT2D eigenvalue weighted by Gasteiger charge is -2.33. The fourth-order valence-electron chi connectivity index (χ4n) is 4.26. The second-order valence-electron chi connectivity index (χ2n) is 8.45. The monoisotopic (exact) mass is 553 g/mol. The lowest BCUT2D eigenvalue weighted by atomic mass is 9.97. The summed E-state index contributed by atoms with van der Waals surface area (Å²) in [6.07, 6.45) is 12.5. The number of ether oxygens (including phenoxy) is 1. The van der Waals surface area contributed by atoms with Crippen LogP contribution in [0.25, 0.3) is 0 Å². The first-order valence-electron chi connectivity index (χ1n) is 11.7. The molecule has 1 atom stereocenters. The first kappa shape index (κ1) is 24.8. The molecule has 2 fully saturated rings. The second kappa shape index (κ2) is 13.7. The summed E-state index contributed by atoms with van der Waals surface area (Å²) in [7, 11) is 0. The van der Waals surface area contributed by atoms with E-state index in [1.54, 1.807) is 6.26 Å². The summed E-state index contributed by atoms with van der Waals surface area (Å²) in [6.45, 7) is 5.49. The van der Waals surface area contributed by atoms with Crippen LogP contribution in [-0.4, -0.2) is 56.4 Å². The number of furan rings is 1. The van der Waals surface area contributed by atoms with Crippen LogP contribution in [0.15, 0.2) is 52.3 Å². The highest BCUT2D eigenvalue weighted by molar-refractivity contribution is 14.0. The Hall–Kier alpha value is -1.81. The molecule has 0 aliphatic carbocycles. The van der Waals surface area contributed by atoms with Crippen LogP contribution in [0.1, 0.15) is 37.9 Å². The predicted octanol–water partition coefficient (Wildman–Crippen LogP) is 3.86.